The van der Waals surface area contributed by atoms with E-state index in [1.807, 2.05) is 46.8 Å². The molecular formula is C22H39N5O4. The predicted molar refractivity (Wildman–Crippen MR) is 122 cm³/mol. The summed E-state index contributed by atoms with van der Waals surface area (Å²) < 4.78 is 10.8. The number of carbonyl (C=O) groups excluding carboxylic acids is 2. The van der Waals surface area contributed by atoms with Gasteiger partial charge in [0.25, 0.3) is 0 Å². The third-order valence-corrected chi connectivity index (χ3v) is 4.83. The molecule has 1 heterocycles. The molecule has 1 aromatic rings. The lowest BCUT2D eigenvalue weighted by Gasteiger charge is -2.34. The minimum atomic E-state index is -0.572. The summed E-state index contributed by atoms with van der Waals surface area (Å²) in [6.45, 7) is 10.6. The Hall–Kier alpha value is -2.71. The van der Waals surface area contributed by atoms with Gasteiger partial charge in [-0.1, -0.05) is 13.8 Å². The third-order valence-electron chi connectivity index (χ3n) is 4.83. The Balaban J connectivity index is 2.81. The molecule has 0 aromatic carbocycles. The van der Waals surface area contributed by atoms with Crippen molar-refractivity contribution in [3.05, 3.63) is 24.2 Å². The van der Waals surface area contributed by atoms with Crippen LogP contribution in [-0.2, 0) is 16.0 Å². The second-order valence-corrected chi connectivity index (χ2v) is 8.68. The molecule has 3 N–H and O–H groups in total. The van der Waals surface area contributed by atoms with Gasteiger partial charge in [0.2, 0.25) is 5.91 Å². The molecule has 1 rings (SSSR count). The Morgan fingerprint density at radius 3 is 2.35 bits per heavy atom. The lowest BCUT2D eigenvalue weighted by Crippen LogP contribution is -2.57. The number of hydrogen-bond acceptors (Lipinski definition) is 5. The maximum absolute atomic E-state index is 12.4. The molecule has 0 aliphatic heterocycles. The number of guanidine groups is 1. The SMILES string of the molecule is CCC(CC)(CNC(=NCC(=O)N(C)C)NCCc1ccco1)NC(=O)OC(C)(C)C. The van der Waals surface area contributed by atoms with Crippen molar-refractivity contribution >= 4 is 18.0 Å². The van der Waals surface area contributed by atoms with Crippen molar-refractivity contribution in [2.45, 2.75) is 65.0 Å². The molecule has 2 amide bonds. The van der Waals surface area contributed by atoms with Crippen LogP contribution in [0.25, 0.3) is 0 Å². The van der Waals surface area contributed by atoms with E-state index < -0.39 is 17.2 Å². The number of aliphatic imine (C=N–C) groups is 1. The lowest BCUT2D eigenvalue weighted by atomic mass is 9.93. The summed E-state index contributed by atoms with van der Waals surface area (Å²) in [5.74, 6) is 1.26. The zero-order valence-electron chi connectivity index (χ0n) is 20.0. The topological polar surface area (TPSA) is 108 Å². The Bertz CT molecular complexity index is 704. The highest BCUT2D eigenvalue weighted by atomic mass is 16.6. The second-order valence-electron chi connectivity index (χ2n) is 8.68. The second kappa shape index (κ2) is 12.2. The molecule has 0 bridgehead atoms. The van der Waals surface area contributed by atoms with Crippen molar-refractivity contribution in [1.29, 1.82) is 0 Å². The molecule has 0 radical (unpaired) electrons. The van der Waals surface area contributed by atoms with Crippen molar-refractivity contribution in [3.8, 4) is 0 Å². The van der Waals surface area contributed by atoms with E-state index in [-0.39, 0.29) is 12.5 Å². The van der Waals surface area contributed by atoms with Crippen LogP contribution in [0.3, 0.4) is 0 Å². The largest absolute Gasteiger partial charge is 0.469 e. The number of furan rings is 1. The normalized spacial score (nSPS) is 12.3. The van der Waals surface area contributed by atoms with E-state index in [1.54, 1.807) is 20.4 Å². The number of likely N-dealkylation sites (N-methyl/N-ethyl adjacent to an activating group) is 1. The summed E-state index contributed by atoms with van der Waals surface area (Å²) in [5, 5.41) is 9.51. The number of amides is 2. The summed E-state index contributed by atoms with van der Waals surface area (Å²) in [4.78, 5) is 30.2. The van der Waals surface area contributed by atoms with Crippen molar-refractivity contribution in [1.82, 2.24) is 20.9 Å². The highest BCUT2D eigenvalue weighted by Crippen LogP contribution is 2.16. The fraction of sp³-hybridized carbons (Fsp3) is 0.682. The molecule has 0 unspecified atom stereocenters. The quantitative estimate of drug-likeness (QED) is 0.383. The summed E-state index contributed by atoms with van der Waals surface area (Å²) in [5.41, 5.74) is -1.09. The molecule has 0 spiro atoms. The molecule has 0 fully saturated rings. The van der Waals surface area contributed by atoms with E-state index in [9.17, 15) is 9.59 Å². The van der Waals surface area contributed by atoms with Gasteiger partial charge >= 0.3 is 6.09 Å². The molecule has 9 heteroatoms. The number of carbonyl (C=O) groups is 2. The molecule has 0 saturated heterocycles. The van der Waals surface area contributed by atoms with Gasteiger partial charge < -0.3 is 30.0 Å². The smallest absolute Gasteiger partial charge is 0.408 e. The maximum Gasteiger partial charge on any atom is 0.408 e. The minimum Gasteiger partial charge on any atom is -0.469 e. The standard InChI is InChI=1S/C22H39N5O4/c1-8-22(9-2,26-20(29)31-21(3,4)5)16-25-19(24-15-18(28)27(6)7)23-13-12-17-11-10-14-30-17/h10-11,14H,8-9,12-13,15-16H2,1-7H3,(H,26,29)(H2,23,24,25). The van der Waals surface area contributed by atoms with Crippen LogP contribution in [-0.4, -0.2) is 67.7 Å². The average Bonchev–Trinajstić information content (AvgIpc) is 3.20. The fourth-order valence-electron chi connectivity index (χ4n) is 2.72. The maximum atomic E-state index is 12.4. The summed E-state index contributed by atoms with van der Waals surface area (Å²) in [7, 11) is 3.39. The van der Waals surface area contributed by atoms with Gasteiger partial charge in [-0.15, -0.1) is 0 Å². The van der Waals surface area contributed by atoms with Crippen LogP contribution in [0.1, 0.15) is 53.2 Å². The van der Waals surface area contributed by atoms with Gasteiger partial charge in [0.15, 0.2) is 5.96 Å². The van der Waals surface area contributed by atoms with E-state index in [0.29, 0.717) is 38.3 Å². The molecular weight excluding hydrogens is 398 g/mol. The molecule has 1 aromatic heterocycles. The highest BCUT2D eigenvalue weighted by Gasteiger charge is 2.30. The number of nitrogens with zero attached hydrogens (tertiary/aromatic N) is 2. The molecule has 0 atom stereocenters. The number of nitrogens with one attached hydrogen (secondary N) is 3. The lowest BCUT2D eigenvalue weighted by molar-refractivity contribution is -0.127. The Morgan fingerprint density at radius 1 is 1.16 bits per heavy atom. The molecule has 0 aliphatic rings. The first kappa shape index (κ1) is 26.3. The first-order valence-corrected chi connectivity index (χ1v) is 10.8. The summed E-state index contributed by atoms with van der Waals surface area (Å²) in [6.07, 6.45) is 3.26. The third kappa shape index (κ3) is 10.2. The average molecular weight is 438 g/mol. The van der Waals surface area contributed by atoms with Crippen LogP contribution >= 0.6 is 0 Å². The van der Waals surface area contributed by atoms with E-state index in [1.165, 1.54) is 4.90 Å². The van der Waals surface area contributed by atoms with Crippen molar-refractivity contribution in [2.24, 2.45) is 4.99 Å². The summed E-state index contributed by atoms with van der Waals surface area (Å²) >= 11 is 0. The van der Waals surface area contributed by atoms with Gasteiger partial charge in [0.05, 0.1) is 11.8 Å². The Kier molecular flexibility index (Phi) is 10.4. The Labute approximate surface area is 186 Å². The molecule has 0 saturated carbocycles. The molecule has 0 aliphatic carbocycles. The zero-order valence-corrected chi connectivity index (χ0v) is 20.0. The van der Waals surface area contributed by atoms with Gasteiger partial charge in [-0.2, -0.15) is 0 Å². The highest BCUT2D eigenvalue weighted by molar-refractivity contribution is 5.84. The van der Waals surface area contributed by atoms with Crippen LogP contribution in [0, 0.1) is 0 Å². The van der Waals surface area contributed by atoms with Crippen molar-refractivity contribution < 1.29 is 18.7 Å². The van der Waals surface area contributed by atoms with E-state index in [2.05, 4.69) is 20.9 Å². The fourth-order valence-corrected chi connectivity index (χ4v) is 2.72. The monoisotopic (exact) mass is 437 g/mol. The minimum absolute atomic E-state index is 0.0217. The zero-order chi connectivity index (χ0) is 23.5. The van der Waals surface area contributed by atoms with E-state index in [4.69, 9.17) is 9.15 Å². The summed E-state index contributed by atoms with van der Waals surface area (Å²) in [6, 6.07) is 3.75. The van der Waals surface area contributed by atoms with Gasteiger partial charge in [-0.05, 0) is 45.7 Å². The number of hydrogen-bond donors (Lipinski definition) is 3. The van der Waals surface area contributed by atoms with Crippen LogP contribution in [0.2, 0.25) is 0 Å². The van der Waals surface area contributed by atoms with E-state index >= 15 is 0 Å². The van der Waals surface area contributed by atoms with E-state index in [0.717, 1.165) is 5.76 Å². The van der Waals surface area contributed by atoms with Gasteiger partial charge in [0, 0.05) is 33.6 Å². The van der Waals surface area contributed by atoms with Crippen LogP contribution in [0.5, 0.6) is 0 Å². The van der Waals surface area contributed by atoms with Crippen LogP contribution in [0.4, 0.5) is 4.79 Å². The van der Waals surface area contributed by atoms with Crippen molar-refractivity contribution in [2.75, 3.05) is 33.7 Å². The van der Waals surface area contributed by atoms with Gasteiger partial charge in [-0.3, -0.25) is 4.79 Å². The van der Waals surface area contributed by atoms with Crippen LogP contribution < -0.4 is 16.0 Å². The van der Waals surface area contributed by atoms with Gasteiger partial charge in [-0.25, -0.2) is 9.79 Å². The van der Waals surface area contributed by atoms with Gasteiger partial charge in [0.1, 0.15) is 17.9 Å². The predicted octanol–water partition coefficient (Wildman–Crippen LogP) is 2.53. The number of alkyl carbamates (subject to hydrolysis) is 1. The molecule has 176 valence electrons. The van der Waals surface area contributed by atoms with Crippen LogP contribution in [0.15, 0.2) is 27.8 Å². The molecule has 9 nitrogen and oxygen atoms in total. The number of rotatable bonds is 10. The first-order chi connectivity index (χ1) is 14.5. The number of ether oxygens (including phenoxy) is 1. The molecule has 31 heavy (non-hydrogen) atoms. The van der Waals surface area contributed by atoms with Crippen molar-refractivity contribution in [3.63, 3.8) is 0 Å². The Morgan fingerprint density at radius 2 is 1.84 bits per heavy atom. The first-order valence-electron chi connectivity index (χ1n) is 10.8.